The number of hydrogen-bond acceptors (Lipinski definition) is 4. The van der Waals surface area contributed by atoms with Crippen LogP contribution in [0.25, 0.3) is 0 Å². The maximum absolute atomic E-state index is 14.0. The molecule has 164 valence electrons. The molecular formula is C21H27F2N3O3S. The van der Waals surface area contributed by atoms with Crippen LogP contribution in [0, 0.1) is 11.6 Å². The highest BCUT2D eigenvalue weighted by Crippen LogP contribution is 2.31. The van der Waals surface area contributed by atoms with Crippen LogP contribution in [0.4, 0.5) is 20.2 Å². The van der Waals surface area contributed by atoms with Crippen LogP contribution in [0.3, 0.4) is 0 Å². The molecule has 0 aliphatic rings. The molecule has 0 atom stereocenters. The van der Waals surface area contributed by atoms with Gasteiger partial charge in [0, 0.05) is 32.2 Å². The van der Waals surface area contributed by atoms with Crippen LogP contribution in [0.1, 0.15) is 38.1 Å². The van der Waals surface area contributed by atoms with E-state index in [0.717, 1.165) is 12.1 Å². The second-order valence-corrected chi connectivity index (χ2v) is 8.46. The van der Waals surface area contributed by atoms with Gasteiger partial charge in [0.2, 0.25) is 10.0 Å². The molecule has 1 amide bonds. The van der Waals surface area contributed by atoms with Gasteiger partial charge in [-0.2, -0.15) is 4.31 Å². The number of hydrogen-bond donors (Lipinski definition) is 1. The molecule has 0 aromatic heterocycles. The van der Waals surface area contributed by atoms with E-state index in [1.54, 1.807) is 19.9 Å². The molecule has 0 heterocycles. The van der Waals surface area contributed by atoms with Crippen LogP contribution in [-0.4, -0.2) is 44.8 Å². The summed E-state index contributed by atoms with van der Waals surface area (Å²) in [6.07, 6.45) is 0. The first-order valence-corrected chi connectivity index (χ1v) is 11.3. The van der Waals surface area contributed by atoms with Crippen molar-refractivity contribution in [3.63, 3.8) is 0 Å². The quantitative estimate of drug-likeness (QED) is 0.639. The molecular weight excluding hydrogens is 412 g/mol. The Bertz CT molecular complexity index is 1000. The lowest BCUT2D eigenvalue weighted by Crippen LogP contribution is -2.31. The fourth-order valence-electron chi connectivity index (χ4n) is 3.19. The molecule has 0 saturated heterocycles. The third kappa shape index (κ3) is 4.96. The van der Waals surface area contributed by atoms with E-state index in [9.17, 15) is 22.0 Å². The molecule has 0 saturated carbocycles. The van der Waals surface area contributed by atoms with Crippen molar-refractivity contribution in [3.8, 4) is 0 Å². The van der Waals surface area contributed by atoms with Gasteiger partial charge in [-0.15, -0.1) is 0 Å². The predicted molar refractivity (Wildman–Crippen MR) is 114 cm³/mol. The molecule has 0 spiro atoms. The summed E-state index contributed by atoms with van der Waals surface area (Å²) in [7, 11) is -3.75. The van der Waals surface area contributed by atoms with Gasteiger partial charge in [-0.3, -0.25) is 4.79 Å². The van der Waals surface area contributed by atoms with Gasteiger partial charge < -0.3 is 10.2 Å². The molecule has 2 aromatic rings. The van der Waals surface area contributed by atoms with Crippen LogP contribution in [0.2, 0.25) is 0 Å². The lowest BCUT2D eigenvalue weighted by atomic mass is 10.1. The van der Waals surface area contributed by atoms with E-state index < -0.39 is 27.6 Å². The van der Waals surface area contributed by atoms with E-state index in [1.807, 2.05) is 18.7 Å². The summed E-state index contributed by atoms with van der Waals surface area (Å²) in [4.78, 5) is 14.6. The number of amides is 1. The molecule has 0 radical (unpaired) electrons. The first-order valence-electron chi connectivity index (χ1n) is 9.85. The van der Waals surface area contributed by atoms with E-state index in [2.05, 4.69) is 5.32 Å². The van der Waals surface area contributed by atoms with Gasteiger partial charge in [0.25, 0.3) is 5.91 Å². The number of nitrogens with one attached hydrogen (secondary N) is 1. The lowest BCUT2D eigenvalue weighted by molar-refractivity contribution is 0.102. The summed E-state index contributed by atoms with van der Waals surface area (Å²) >= 11 is 0. The summed E-state index contributed by atoms with van der Waals surface area (Å²) in [5.41, 5.74) is 0.508. The minimum atomic E-state index is -3.75. The fourth-order valence-corrected chi connectivity index (χ4v) is 4.68. The highest BCUT2D eigenvalue weighted by Gasteiger charge is 2.24. The van der Waals surface area contributed by atoms with Crippen LogP contribution in [0.15, 0.2) is 41.3 Å². The van der Waals surface area contributed by atoms with E-state index in [1.165, 1.54) is 16.4 Å². The fraction of sp³-hybridized carbons (Fsp3) is 0.381. The smallest absolute Gasteiger partial charge is 0.258 e. The number of carbonyl (C=O) groups is 1. The Morgan fingerprint density at radius 2 is 1.57 bits per heavy atom. The van der Waals surface area contributed by atoms with Crippen molar-refractivity contribution in [2.45, 2.75) is 32.6 Å². The first kappa shape index (κ1) is 23.8. The summed E-state index contributed by atoms with van der Waals surface area (Å²) < 4.78 is 54.4. The Morgan fingerprint density at radius 3 is 2.10 bits per heavy atom. The van der Waals surface area contributed by atoms with Crippen molar-refractivity contribution in [1.82, 2.24) is 4.31 Å². The number of carbonyl (C=O) groups excluding carboxylic acids is 1. The molecule has 0 bridgehead atoms. The molecule has 0 fully saturated rings. The minimum Gasteiger partial charge on any atom is -0.370 e. The van der Waals surface area contributed by atoms with E-state index in [4.69, 9.17) is 0 Å². The molecule has 1 N–H and O–H groups in total. The normalized spacial score (nSPS) is 11.6. The average Bonchev–Trinajstić information content (AvgIpc) is 2.70. The molecule has 0 unspecified atom stereocenters. The maximum Gasteiger partial charge on any atom is 0.258 e. The van der Waals surface area contributed by atoms with Crippen LogP contribution in [0.5, 0.6) is 0 Å². The predicted octanol–water partition coefficient (Wildman–Crippen LogP) is 4.09. The zero-order valence-electron chi connectivity index (χ0n) is 17.6. The average molecular weight is 440 g/mol. The van der Waals surface area contributed by atoms with Gasteiger partial charge in [-0.1, -0.05) is 13.8 Å². The van der Waals surface area contributed by atoms with Gasteiger partial charge in [0.15, 0.2) is 0 Å². The van der Waals surface area contributed by atoms with Crippen LogP contribution < -0.4 is 10.2 Å². The monoisotopic (exact) mass is 439 g/mol. The Balaban J connectivity index is 2.54. The zero-order chi connectivity index (χ0) is 22.5. The number of halogens is 2. The van der Waals surface area contributed by atoms with E-state index in [0.29, 0.717) is 37.9 Å². The third-order valence-corrected chi connectivity index (χ3v) is 6.89. The second-order valence-electron chi connectivity index (χ2n) is 6.52. The topological polar surface area (TPSA) is 69.7 Å². The highest BCUT2D eigenvalue weighted by molar-refractivity contribution is 7.89. The van der Waals surface area contributed by atoms with Gasteiger partial charge >= 0.3 is 0 Å². The van der Waals surface area contributed by atoms with Crippen LogP contribution >= 0.6 is 0 Å². The molecule has 2 rings (SSSR count). The Hall–Kier alpha value is -2.52. The van der Waals surface area contributed by atoms with E-state index >= 15 is 0 Å². The molecule has 9 heteroatoms. The second kappa shape index (κ2) is 9.99. The van der Waals surface area contributed by atoms with Gasteiger partial charge in [0.05, 0.1) is 21.8 Å². The number of rotatable bonds is 9. The summed E-state index contributed by atoms with van der Waals surface area (Å²) in [5, 5.41) is 2.60. The van der Waals surface area contributed by atoms with Gasteiger partial charge in [-0.05, 0) is 44.2 Å². The van der Waals surface area contributed by atoms with E-state index in [-0.39, 0.29) is 16.1 Å². The molecule has 2 aromatic carbocycles. The number of nitrogens with zero attached hydrogens (tertiary/aromatic N) is 2. The first-order chi connectivity index (χ1) is 14.2. The summed E-state index contributed by atoms with van der Waals surface area (Å²) in [5.74, 6) is -2.58. The minimum absolute atomic E-state index is 0.0250. The number of anilines is 2. The summed E-state index contributed by atoms with van der Waals surface area (Å²) in [6.45, 7) is 9.18. The number of benzene rings is 2. The van der Waals surface area contributed by atoms with Crippen molar-refractivity contribution in [1.29, 1.82) is 0 Å². The largest absolute Gasteiger partial charge is 0.370 e. The SMILES string of the molecule is CCN(CC)c1ccc(S(=O)(=O)N(CC)CC)cc1NC(=O)c1ccc(F)cc1F. The summed E-state index contributed by atoms with van der Waals surface area (Å²) in [6, 6.07) is 7.16. The third-order valence-electron chi connectivity index (χ3n) is 4.84. The van der Waals surface area contributed by atoms with Crippen molar-refractivity contribution < 1.29 is 22.0 Å². The lowest BCUT2D eigenvalue weighted by Gasteiger charge is -2.26. The molecule has 0 aliphatic carbocycles. The van der Waals surface area contributed by atoms with Crippen molar-refractivity contribution in [2.75, 3.05) is 36.4 Å². The van der Waals surface area contributed by atoms with Crippen LogP contribution in [-0.2, 0) is 10.0 Å². The van der Waals surface area contributed by atoms with Crippen molar-refractivity contribution in [2.24, 2.45) is 0 Å². The molecule has 30 heavy (non-hydrogen) atoms. The standard InChI is InChI=1S/C21H27F2N3O3S/c1-5-25(6-2)20-12-10-16(30(28,29)26(7-3)8-4)14-19(20)24-21(27)17-11-9-15(22)13-18(17)23/h9-14H,5-8H2,1-4H3,(H,24,27). The Kier molecular flexibility index (Phi) is 7.91. The Labute approximate surface area is 176 Å². The van der Waals surface area contributed by atoms with Crippen molar-refractivity contribution in [3.05, 3.63) is 53.6 Å². The molecule has 6 nitrogen and oxygen atoms in total. The van der Waals surface area contributed by atoms with Crippen molar-refractivity contribution >= 4 is 27.3 Å². The van der Waals surface area contributed by atoms with Gasteiger partial charge in [-0.25, -0.2) is 17.2 Å². The van der Waals surface area contributed by atoms with Gasteiger partial charge in [0.1, 0.15) is 11.6 Å². The maximum atomic E-state index is 14.0. The Morgan fingerprint density at radius 1 is 0.933 bits per heavy atom. The number of sulfonamides is 1. The molecule has 0 aliphatic heterocycles. The zero-order valence-corrected chi connectivity index (χ0v) is 18.4. The highest BCUT2D eigenvalue weighted by atomic mass is 32.2.